The number of pyridine rings is 1. The Hall–Kier alpha value is -4.28. The normalized spacial score (nSPS) is 17.2. The number of rotatable bonds is 6. The molecule has 7 nitrogen and oxygen atoms in total. The van der Waals surface area contributed by atoms with Crippen molar-refractivity contribution in [2.75, 3.05) is 12.0 Å². The van der Waals surface area contributed by atoms with E-state index in [-0.39, 0.29) is 16.8 Å². The highest BCUT2D eigenvalue weighted by Crippen LogP contribution is 2.48. The average molecular weight is 541 g/mol. The summed E-state index contributed by atoms with van der Waals surface area (Å²) < 4.78 is 11.3. The summed E-state index contributed by atoms with van der Waals surface area (Å²) in [6.45, 7) is 4.36. The Morgan fingerprint density at radius 1 is 1.13 bits per heavy atom. The number of Topliss-reactive ketones (excluding diaryl/α,β-unsaturated/α-hetero) is 1. The summed E-state index contributed by atoms with van der Waals surface area (Å²) in [7, 11) is 1.62. The molecule has 1 unspecified atom stereocenters. The van der Waals surface area contributed by atoms with Gasteiger partial charge in [-0.1, -0.05) is 23.7 Å². The van der Waals surface area contributed by atoms with Gasteiger partial charge in [-0.3, -0.25) is 9.69 Å². The van der Waals surface area contributed by atoms with E-state index in [0.717, 1.165) is 33.7 Å². The zero-order valence-electron chi connectivity index (χ0n) is 22.1. The Morgan fingerprint density at radius 2 is 1.87 bits per heavy atom. The summed E-state index contributed by atoms with van der Waals surface area (Å²) in [6.07, 6.45) is 3.35. The molecule has 1 atom stereocenters. The Labute approximate surface area is 233 Å². The van der Waals surface area contributed by atoms with Crippen molar-refractivity contribution >= 4 is 23.1 Å². The van der Waals surface area contributed by atoms with Gasteiger partial charge in [-0.05, 0) is 85.3 Å². The van der Waals surface area contributed by atoms with Crippen LogP contribution in [0.3, 0.4) is 0 Å². The van der Waals surface area contributed by atoms with Gasteiger partial charge in [0.05, 0.1) is 30.4 Å². The highest BCUT2D eigenvalue weighted by atomic mass is 35.5. The summed E-state index contributed by atoms with van der Waals surface area (Å²) in [5, 5.41) is 10.6. The Morgan fingerprint density at radius 3 is 2.56 bits per heavy atom. The first kappa shape index (κ1) is 26.3. The molecule has 2 aromatic carbocycles. The number of methoxy groups -OCH3 is 1. The van der Waals surface area contributed by atoms with Crippen LogP contribution in [0.1, 0.15) is 47.4 Å². The molecule has 198 valence electrons. The molecule has 5 rings (SSSR count). The molecular formula is C31H29ClN4O3. The minimum atomic E-state index is -0.579. The molecule has 0 saturated carbocycles. The van der Waals surface area contributed by atoms with E-state index >= 15 is 0 Å². The molecule has 0 fully saturated rings. The number of hydrogen-bond acceptors (Lipinski definition) is 7. The fourth-order valence-electron chi connectivity index (χ4n) is 5.43. The second-order valence-electron chi connectivity index (χ2n) is 9.73. The van der Waals surface area contributed by atoms with Gasteiger partial charge in [0.25, 0.3) is 0 Å². The number of nitrogens with zero attached hydrogens (tertiary/aromatic N) is 3. The van der Waals surface area contributed by atoms with Crippen molar-refractivity contribution in [2.45, 2.75) is 45.6 Å². The number of carbonyl (C=O) groups excluding carboxylic acids is 1. The number of halogens is 1. The number of nitriles is 1. The minimum Gasteiger partial charge on any atom is -0.497 e. The smallest absolute Gasteiger partial charge is 0.161 e. The van der Waals surface area contributed by atoms with Gasteiger partial charge >= 0.3 is 0 Å². The number of benzene rings is 2. The zero-order chi connectivity index (χ0) is 27.7. The van der Waals surface area contributed by atoms with Crippen molar-refractivity contribution in [3.05, 3.63) is 105 Å². The molecule has 1 aliphatic carbocycles. The lowest BCUT2D eigenvalue weighted by Gasteiger charge is -2.40. The molecule has 2 aliphatic rings. The lowest BCUT2D eigenvalue weighted by Crippen LogP contribution is -2.39. The zero-order valence-corrected chi connectivity index (χ0v) is 22.9. The lowest BCUT2D eigenvalue weighted by molar-refractivity contribution is -0.116. The van der Waals surface area contributed by atoms with Gasteiger partial charge in [-0.25, -0.2) is 4.98 Å². The number of nitrogens with two attached hydrogens (primary N) is 1. The number of aromatic nitrogens is 1. The van der Waals surface area contributed by atoms with Crippen LogP contribution in [-0.2, 0) is 11.4 Å². The maximum Gasteiger partial charge on any atom is 0.161 e. The molecule has 8 heteroatoms. The van der Waals surface area contributed by atoms with Gasteiger partial charge in [-0.2, -0.15) is 5.26 Å². The van der Waals surface area contributed by atoms with Gasteiger partial charge in [0.15, 0.2) is 10.9 Å². The number of aryl methyl sites for hydroxylation is 2. The second kappa shape index (κ2) is 10.8. The van der Waals surface area contributed by atoms with Gasteiger partial charge in [0.2, 0.25) is 0 Å². The first-order valence-electron chi connectivity index (χ1n) is 12.8. The maximum atomic E-state index is 13.5. The molecule has 0 spiro atoms. The average Bonchev–Trinajstić information content (AvgIpc) is 2.93. The molecule has 0 radical (unpaired) electrons. The highest BCUT2D eigenvalue weighted by molar-refractivity contribution is 6.32. The van der Waals surface area contributed by atoms with Gasteiger partial charge < -0.3 is 15.2 Å². The van der Waals surface area contributed by atoms with Crippen LogP contribution in [0, 0.1) is 25.2 Å². The number of ketones is 1. The molecule has 0 saturated heterocycles. The van der Waals surface area contributed by atoms with E-state index in [1.807, 2.05) is 44.2 Å². The van der Waals surface area contributed by atoms with Crippen molar-refractivity contribution in [3.63, 3.8) is 0 Å². The van der Waals surface area contributed by atoms with Crippen LogP contribution in [0.4, 0.5) is 5.69 Å². The molecule has 0 bridgehead atoms. The van der Waals surface area contributed by atoms with E-state index in [1.165, 1.54) is 0 Å². The van der Waals surface area contributed by atoms with E-state index in [4.69, 9.17) is 26.8 Å². The van der Waals surface area contributed by atoms with Gasteiger partial charge in [0, 0.05) is 23.9 Å². The van der Waals surface area contributed by atoms with Crippen molar-refractivity contribution in [2.24, 2.45) is 5.73 Å². The number of ether oxygens (including phenoxy) is 2. The fourth-order valence-corrected chi connectivity index (χ4v) is 5.64. The third kappa shape index (κ3) is 4.84. The van der Waals surface area contributed by atoms with Crippen molar-refractivity contribution in [1.82, 2.24) is 4.98 Å². The SMILES string of the molecule is COc1ccc(OCc2cc(C3C(C#N)=C(N)N(c4cccnc4Cl)C4=C3C(=O)CCC4)c(C)cc2C)cc1. The first-order chi connectivity index (χ1) is 18.8. The van der Waals surface area contributed by atoms with Crippen LogP contribution in [0.15, 0.2) is 77.4 Å². The van der Waals surface area contributed by atoms with Crippen molar-refractivity contribution in [1.29, 1.82) is 5.26 Å². The molecular weight excluding hydrogens is 512 g/mol. The number of carbonyl (C=O) groups is 1. The Kier molecular flexibility index (Phi) is 7.32. The summed E-state index contributed by atoms with van der Waals surface area (Å²) in [4.78, 5) is 19.5. The van der Waals surface area contributed by atoms with E-state index in [1.54, 1.807) is 30.3 Å². The summed E-state index contributed by atoms with van der Waals surface area (Å²) in [6, 6.07) is 17.4. The largest absolute Gasteiger partial charge is 0.497 e. The van der Waals surface area contributed by atoms with Crippen LogP contribution in [0.2, 0.25) is 5.15 Å². The first-order valence-corrected chi connectivity index (χ1v) is 13.1. The van der Waals surface area contributed by atoms with E-state index in [9.17, 15) is 10.1 Å². The van der Waals surface area contributed by atoms with Crippen LogP contribution in [0.5, 0.6) is 11.5 Å². The van der Waals surface area contributed by atoms with E-state index < -0.39 is 5.92 Å². The van der Waals surface area contributed by atoms with E-state index in [0.29, 0.717) is 48.5 Å². The predicted octanol–water partition coefficient (Wildman–Crippen LogP) is 6.24. The van der Waals surface area contributed by atoms with Crippen molar-refractivity contribution in [3.8, 4) is 17.6 Å². The molecule has 2 N–H and O–H groups in total. The van der Waals surface area contributed by atoms with Crippen LogP contribution < -0.4 is 20.1 Å². The van der Waals surface area contributed by atoms with Gasteiger partial charge in [0.1, 0.15) is 23.9 Å². The Balaban J connectivity index is 1.60. The molecule has 2 heterocycles. The summed E-state index contributed by atoms with van der Waals surface area (Å²) >= 11 is 6.46. The third-order valence-corrected chi connectivity index (χ3v) is 7.67. The lowest BCUT2D eigenvalue weighted by atomic mass is 9.74. The molecule has 3 aromatic rings. The number of allylic oxidation sites excluding steroid dienone is 3. The summed E-state index contributed by atoms with van der Waals surface area (Å²) in [5.41, 5.74) is 12.8. The van der Waals surface area contributed by atoms with Crippen molar-refractivity contribution < 1.29 is 14.3 Å². The quantitative estimate of drug-likeness (QED) is 0.369. The Bertz CT molecular complexity index is 1550. The molecule has 39 heavy (non-hydrogen) atoms. The minimum absolute atomic E-state index is 0.0162. The molecule has 0 amide bonds. The highest BCUT2D eigenvalue weighted by Gasteiger charge is 2.41. The predicted molar refractivity (Wildman–Crippen MR) is 150 cm³/mol. The van der Waals surface area contributed by atoms with Crippen LogP contribution in [-0.4, -0.2) is 17.9 Å². The van der Waals surface area contributed by atoms with Gasteiger partial charge in [-0.15, -0.1) is 0 Å². The second-order valence-corrected chi connectivity index (χ2v) is 10.1. The van der Waals surface area contributed by atoms with E-state index in [2.05, 4.69) is 17.1 Å². The topological polar surface area (TPSA) is 101 Å². The fraction of sp³-hybridized carbons (Fsp3) is 0.258. The summed E-state index contributed by atoms with van der Waals surface area (Å²) in [5.74, 6) is 1.17. The van der Waals surface area contributed by atoms with Crippen LogP contribution in [0.25, 0.3) is 0 Å². The molecule has 1 aliphatic heterocycles. The number of anilines is 1. The maximum absolute atomic E-state index is 13.5. The standard InChI is InChI=1S/C31H29ClN4O3/c1-18-14-19(2)23(15-20(18)17-39-22-11-9-21(38-3)10-12-22)28-24(16-33)31(34)36(26-7-5-13-35-30(26)32)25-6-4-8-27(37)29(25)28/h5,7,9-15,28H,4,6,8,17,34H2,1-3H3. The number of hydrogen-bond donors (Lipinski definition) is 1. The third-order valence-electron chi connectivity index (χ3n) is 7.38. The molecule has 1 aromatic heterocycles. The van der Waals surface area contributed by atoms with Crippen LogP contribution >= 0.6 is 11.6 Å². The monoisotopic (exact) mass is 540 g/mol.